The number of hydrogen-bond donors (Lipinski definition) is 0. The van der Waals surface area contributed by atoms with Crippen LogP contribution >= 0.6 is 11.6 Å². The molecule has 0 aliphatic heterocycles. The van der Waals surface area contributed by atoms with Gasteiger partial charge in [0.2, 0.25) is 0 Å². The van der Waals surface area contributed by atoms with Gasteiger partial charge < -0.3 is 4.74 Å². The third kappa shape index (κ3) is 3.32. The summed E-state index contributed by atoms with van der Waals surface area (Å²) in [4.78, 5) is 13.0. The number of halogens is 3. The number of aromatic nitrogens is 3. The molecule has 0 atom stereocenters. The van der Waals surface area contributed by atoms with Crippen molar-refractivity contribution >= 4 is 17.1 Å². The van der Waals surface area contributed by atoms with Crippen molar-refractivity contribution in [2.75, 3.05) is 0 Å². The molecule has 0 radical (unpaired) electrons. The Morgan fingerprint density at radius 1 is 1.19 bits per heavy atom. The van der Waals surface area contributed by atoms with Crippen LogP contribution in [0.25, 0.3) is 16.9 Å². The van der Waals surface area contributed by atoms with Gasteiger partial charge in [-0.05, 0) is 43.0 Å². The Bertz CT molecular complexity index is 1090. The number of aryl methyl sites for hydroxylation is 2. The van der Waals surface area contributed by atoms with Crippen LogP contribution in [0.1, 0.15) is 36.6 Å². The predicted molar refractivity (Wildman–Crippen MR) is 101 cm³/mol. The van der Waals surface area contributed by atoms with Crippen LogP contribution in [0.2, 0.25) is 5.02 Å². The molecule has 0 bridgehead atoms. The van der Waals surface area contributed by atoms with E-state index in [0.29, 0.717) is 22.5 Å². The predicted octanol–water partition coefficient (Wildman–Crippen LogP) is 4.70. The number of rotatable bonds is 4. The van der Waals surface area contributed by atoms with E-state index in [1.807, 2.05) is 26.8 Å². The maximum atomic E-state index is 13.0. The summed E-state index contributed by atoms with van der Waals surface area (Å²) in [7, 11) is 1.62. The third-order valence-electron chi connectivity index (χ3n) is 4.55. The normalized spacial score (nSPS) is 11.8. The Morgan fingerprint density at radius 2 is 1.85 bits per heavy atom. The molecule has 3 aromatic rings. The highest BCUT2D eigenvalue weighted by Gasteiger charge is 2.20. The lowest BCUT2D eigenvalue weighted by Gasteiger charge is -2.14. The minimum absolute atomic E-state index is 0.0101. The van der Waals surface area contributed by atoms with Gasteiger partial charge in [-0.3, -0.25) is 9.36 Å². The second-order valence-electron chi connectivity index (χ2n) is 6.82. The molecule has 0 aliphatic rings. The zero-order valence-electron chi connectivity index (χ0n) is 15.7. The van der Waals surface area contributed by atoms with Crippen molar-refractivity contribution in [3.63, 3.8) is 0 Å². The van der Waals surface area contributed by atoms with Crippen molar-refractivity contribution in [1.82, 2.24) is 14.2 Å². The molecule has 3 rings (SSSR count). The average molecular weight is 396 g/mol. The Labute approximate surface area is 160 Å². The molecule has 0 saturated carbocycles. The van der Waals surface area contributed by atoms with Crippen molar-refractivity contribution < 1.29 is 13.5 Å². The number of benzene rings is 1. The van der Waals surface area contributed by atoms with E-state index < -0.39 is 6.61 Å². The van der Waals surface area contributed by atoms with E-state index in [0.717, 1.165) is 11.3 Å². The van der Waals surface area contributed by atoms with Gasteiger partial charge in [0, 0.05) is 24.4 Å². The zero-order chi connectivity index (χ0) is 20.0. The highest BCUT2D eigenvalue weighted by molar-refractivity contribution is 6.33. The average Bonchev–Trinajstić information content (AvgIpc) is 2.91. The molecule has 0 fully saturated rings. The van der Waals surface area contributed by atoms with Crippen LogP contribution in [-0.2, 0) is 7.05 Å². The summed E-state index contributed by atoms with van der Waals surface area (Å²) < 4.78 is 32.6. The first-order chi connectivity index (χ1) is 12.6. The fourth-order valence-corrected chi connectivity index (χ4v) is 3.38. The SMILES string of the molecule is Cc1cc(-c2nn3c(C)cc(C(C)C)c3c(=O)n2C)c(Cl)cc1OC(F)F. The van der Waals surface area contributed by atoms with Gasteiger partial charge in [0.15, 0.2) is 5.82 Å². The first-order valence-corrected chi connectivity index (χ1v) is 8.84. The number of alkyl halides is 2. The zero-order valence-corrected chi connectivity index (χ0v) is 16.4. The molecule has 0 N–H and O–H groups in total. The van der Waals surface area contributed by atoms with E-state index >= 15 is 0 Å². The molecule has 2 heterocycles. The molecule has 2 aromatic heterocycles. The Hall–Kier alpha value is -2.41. The monoisotopic (exact) mass is 395 g/mol. The highest BCUT2D eigenvalue weighted by atomic mass is 35.5. The Morgan fingerprint density at radius 3 is 2.44 bits per heavy atom. The topological polar surface area (TPSA) is 48.5 Å². The van der Waals surface area contributed by atoms with Gasteiger partial charge >= 0.3 is 6.61 Å². The maximum Gasteiger partial charge on any atom is 0.387 e. The van der Waals surface area contributed by atoms with Crippen molar-refractivity contribution in [3.05, 3.63) is 50.4 Å². The number of ether oxygens (including phenoxy) is 1. The first kappa shape index (κ1) is 19.4. The minimum Gasteiger partial charge on any atom is -0.435 e. The Kier molecular flexibility index (Phi) is 4.99. The minimum atomic E-state index is -2.94. The van der Waals surface area contributed by atoms with Crippen LogP contribution < -0.4 is 10.3 Å². The quantitative estimate of drug-likeness (QED) is 0.643. The van der Waals surface area contributed by atoms with Gasteiger partial charge in [-0.2, -0.15) is 8.78 Å². The summed E-state index contributed by atoms with van der Waals surface area (Å²) in [5, 5.41) is 4.78. The first-order valence-electron chi connectivity index (χ1n) is 8.46. The molecule has 144 valence electrons. The van der Waals surface area contributed by atoms with Gasteiger partial charge in [0.05, 0.1) is 5.02 Å². The largest absolute Gasteiger partial charge is 0.435 e. The molecule has 0 saturated heterocycles. The molecule has 27 heavy (non-hydrogen) atoms. The lowest BCUT2D eigenvalue weighted by molar-refractivity contribution is -0.0502. The van der Waals surface area contributed by atoms with E-state index in [4.69, 9.17) is 11.6 Å². The van der Waals surface area contributed by atoms with Gasteiger partial charge in [-0.25, -0.2) is 4.52 Å². The summed E-state index contributed by atoms with van der Waals surface area (Å²) in [5.41, 5.74) is 3.03. The standard InChI is InChI=1S/C19H20ClF2N3O2/c1-9(2)12-7-11(4)25-16(12)18(26)24(5)17(23-25)13-6-10(3)15(8-14(13)20)27-19(21)22/h6-9,19H,1-5H3. The highest BCUT2D eigenvalue weighted by Crippen LogP contribution is 2.33. The van der Waals surface area contributed by atoms with Crippen LogP contribution in [0.5, 0.6) is 5.75 Å². The van der Waals surface area contributed by atoms with Gasteiger partial charge in [0.1, 0.15) is 11.3 Å². The van der Waals surface area contributed by atoms with Gasteiger partial charge in [-0.15, -0.1) is 5.10 Å². The van der Waals surface area contributed by atoms with Crippen LogP contribution in [0.4, 0.5) is 8.78 Å². The van der Waals surface area contributed by atoms with E-state index in [-0.39, 0.29) is 22.2 Å². The fraction of sp³-hybridized carbons (Fsp3) is 0.368. The number of hydrogen-bond acceptors (Lipinski definition) is 3. The summed E-state index contributed by atoms with van der Waals surface area (Å²) >= 11 is 6.30. The van der Waals surface area contributed by atoms with Gasteiger partial charge in [-0.1, -0.05) is 25.4 Å². The smallest absolute Gasteiger partial charge is 0.387 e. The maximum absolute atomic E-state index is 13.0. The molecule has 0 spiro atoms. The van der Waals surface area contributed by atoms with Crippen LogP contribution in [-0.4, -0.2) is 20.8 Å². The van der Waals surface area contributed by atoms with E-state index in [1.165, 1.54) is 10.6 Å². The third-order valence-corrected chi connectivity index (χ3v) is 4.86. The van der Waals surface area contributed by atoms with Crippen LogP contribution in [0, 0.1) is 13.8 Å². The van der Waals surface area contributed by atoms with E-state index in [9.17, 15) is 13.6 Å². The Balaban J connectivity index is 2.27. The summed E-state index contributed by atoms with van der Waals surface area (Å²) in [6, 6.07) is 4.86. The molecule has 8 heteroatoms. The second kappa shape index (κ2) is 6.96. The summed E-state index contributed by atoms with van der Waals surface area (Å²) in [6.45, 7) is 4.60. The molecule has 0 amide bonds. The van der Waals surface area contributed by atoms with Crippen molar-refractivity contribution in [2.24, 2.45) is 7.05 Å². The number of fused-ring (bicyclic) bond motifs is 1. The lowest BCUT2D eigenvalue weighted by atomic mass is 10.1. The molecular weight excluding hydrogens is 376 g/mol. The van der Waals surface area contributed by atoms with Crippen molar-refractivity contribution in [2.45, 2.75) is 40.2 Å². The second-order valence-corrected chi connectivity index (χ2v) is 7.23. The fourth-order valence-electron chi connectivity index (χ4n) is 3.15. The molecule has 0 aliphatic carbocycles. The van der Waals surface area contributed by atoms with Crippen molar-refractivity contribution in [3.8, 4) is 17.1 Å². The lowest BCUT2D eigenvalue weighted by Crippen LogP contribution is -2.24. The molecular formula is C19H20ClF2N3O2. The van der Waals surface area contributed by atoms with Crippen molar-refractivity contribution in [1.29, 1.82) is 0 Å². The van der Waals surface area contributed by atoms with Gasteiger partial charge in [0.25, 0.3) is 5.56 Å². The van der Waals surface area contributed by atoms with Crippen LogP contribution in [0.3, 0.4) is 0 Å². The molecule has 5 nitrogen and oxygen atoms in total. The molecule has 0 unspecified atom stereocenters. The van der Waals surface area contributed by atoms with Crippen LogP contribution in [0.15, 0.2) is 23.0 Å². The molecule has 1 aromatic carbocycles. The van der Waals surface area contributed by atoms with E-state index in [2.05, 4.69) is 9.84 Å². The van der Waals surface area contributed by atoms with E-state index in [1.54, 1.807) is 24.6 Å². The summed E-state index contributed by atoms with van der Waals surface area (Å²) in [6.07, 6.45) is 0. The number of nitrogens with zero attached hydrogens (tertiary/aromatic N) is 3. The summed E-state index contributed by atoms with van der Waals surface area (Å²) in [5.74, 6) is 0.507.